The van der Waals surface area contributed by atoms with Gasteiger partial charge in [-0.15, -0.1) is 0 Å². The first-order valence-electron chi connectivity index (χ1n) is 12.1. The third-order valence-corrected chi connectivity index (χ3v) is 7.09. The van der Waals surface area contributed by atoms with E-state index in [1.807, 2.05) is 11.8 Å². The smallest absolute Gasteiger partial charge is 0.293 e. The number of likely N-dealkylation sites (tertiary alicyclic amines) is 1. The van der Waals surface area contributed by atoms with Crippen LogP contribution in [-0.2, 0) is 0 Å². The molecule has 1 N–H and O–H groups in total. The maximum atomic E-state index is 13.7. The van der Waals surface area contributed by atoms with Gasteiger partial charge in [-0.1, -0.05) is 17.7 Å². The Morgan fingerprint density at radius 1 is 1.06 bits per heavy atom. The van der Waals surface area contributed by atoms with Crippen molar-refractivity contribution < 1.29 is 14.1 Å². The van der Waals surface area contributed by atoms with Gasteiger partial charge in [0.2, 0.25) is 0 Å². The Kier molecular flexibility index (Phi) is 8.07. The van der Waals surface area contributed by atoms with Crippen LogP contribution in [0.3, 0.4) is 0 Å². The fraction of sp³-hybridized carbons (Fsp3) is 0.480. The number of amides is 1. The Hall–Kier alpha value is -2.91. The molecule has 2 fully saturated rings. The third-order valence-electron chi connectivity index (χ3n) is 6.77. The van der Waals surface area contributed by atoms with Crippen LogP contribution in [-0.4, -0.2) is 68.1 Å². The van der Waals surface area contributed by atoms with Gasteiger partial charge in [-0.3, -0.25) is 14.9 Å². The number of nitrogens with one attached hydrogen (secondary N) is 1. The maximum Gasteiger partial charge on any atom is 0.293 e. The van der Waals surface area contributed by atoms with E-state index in [9.17, 15) is 19.3 Å². The van der Waals surface area contributed by atoms with Crippen LogP contribution in [0.25, 0.3) is 0 Å². The van der Waals surface area contributed by atoms with Crippen LogP contribution in [0.5, 0.6) is 0 Å². The van der Waals surface area contributed by atoms with E-state index in [4.69, 9.17) is 11.6 Å². The highest BCUT2D eigenvalue weighted by molar-refractivity contribution is 6.34. The highest BCUT2D eigenvalue weighted by Crippen LogP contribution is 2.35. The van der Waals surface area contributed by atoms with Gasteiger partial charge in [0.15, 0.2) is 0 Å². The summed E-state index contributed by atoms with van der Waals surface area (Å²) in [5.74, 6) is -0.696. The topological polar surface area (TPSA) is 82.0 Å². The molecule has 10 heteroatoms. The van der Waals surface area contributed by atoms with Crippen molar-refractivity contribution in [2.75, 3.05) is 62.2 Å². The Morgan fingerprint density at radius 3 is 2.37 bits per heavy atom. The van der Waals surface area contributed by atoms with Gasteiger partial charge in [0.05, 0.1) is 15.5 Å². The Labute approximate surface area is 209 Å². The lowest BCUT2D eigenvalue weighted by Crippen LogP contribution is -2.47. The number of nitro groups is 1. The van der Waals surface area contributed by atoms with Crippen molar-refractivity contribution in [2.24, 2.45) is 0 Å². The summed E-state index contributed by atoms with van der Waals surface area (Å²) in [7, 11) is 0. The Bertz CT molecular complexity index is 1090. The molecule has 0 spiro atoms. The number of hydrogen-bond acceptors (Lipinski definition) is 6. The second kappa shape index (κ2) is 11.2. The number of benzene rings is 2. The van der Waals surface area contributed by atoms with Crippen LogP contribution in [0.4, 0.5) is 21.5 Å². The minimum Gasteiger partial charge on any atom is -0.368 e. The van der Waals surface area contributed by atoms with E-state index >= 15 is 0 Å². The molecule has 0 saturated carbocycles. The van der Waals surface area contributed by atoms with Crippen molar-refractivity contribution in [3.63, 3.8) is 0 Å². The van der Waals surface area contributed by atoms with Crippen molar-refractivity contribution in [1.29, 1.82) is 0 Å². The monoisotopic (exact) mass is 503 g/mol. The SMILES string of the molecule is Cc1ccc(F)cc1N1CCN(c2cc(Cl)c(C(=O)NCCCN3CCCC3)cc2[N+](=O)[O-])CC1. The molecule has 2 aliphatic heterocycles. The van der Waals surface area contributed by atoms with Crippen molar-refractivity contribution >= 4 is 34.6 Å². The summed E-state index contributed by atoms with van der Waals surface area (Å²) in [6.45, 7) is 7.73. The molecule has 2 aromatic rings. The Balaban J connectivity index is 1.42. The second-order valence-corrected chi connectivity index (χ2v) is 9.55. The van der Waals surface area contributed by atoms with Crippen molar-refractivity contribution in [3.05, 3.63) is 62.4 Å². The lowest BCUT2D eigenvalue weighted by molar-refractivity contribution is -0.384. The van der Waals surface area contributed by atoms with E-state index in [-0.39, 0.29) is 22.1 Å². The predicted molar refractivity (Wildman–Crippen MR) is 136 cm³/mol. The molecule has 8 nitrogen and oxygen atoms in total. The van der Waals surface area contributed by atoms with Crippen molar-refractivity contribution in [3.8, 4) is 0 Å². The molecule has 0 unspecified atom stereocenters. The molecular weight excluding hydrogens is 473 g/mol. The summed E-state index contributed by atoms with van der Waals surface area (Å²) in [6, 6.07) is 7.49. The van der Waals surface area contributed by atoms with Crippen LogP contribution in [0.2, 0.25) is 5.02 Å². The number of aryl methyl sites for hydroxylation is 1. The number of anilines is 2. The lowest BCUT2D eigenvalue weighted by atomic mass is 10.1. The molecule has 0 atom stereocenters. The highest BCUT2D eigenvalue weighted by atomic mass is 35.5. The van der Waals surface area contributed by atoms with Gasteiger partial charge in [-0.2, -0.15) is 0 Å². The van der Waals surface area contributed by atoms with E-state index in [1.54, 1.807) is 6.07 Å². The van der Waals surface area contributed by atoms with Gasteiger partial charge in [0.25, 0.3) is 11.6 Å². The molecule has 35 heavy (non-hydrogen) atoms. The van der Waals surface area contributed by atoms with Crippen LogP contribution in [0.1, 0.15) is 35.2 Å². The van der Waals surface area contributed by atoms with E-state index in [0.29, 0.717) is 38.4 Å². The zero-order valence-electron chi connectivity index (χ0n) is 19.9. The number of carbonyl (C=O) groups excluding carboxylic acids is 1. The maximum absolute atomic E-state index is 13.7. The molecule has 2 aliphatic rings. The number of piperazine rings is 1. The summed E-state index contributed by atoms with van der Waals surface area (Å²) >= 11 is 6.43. The van der Waals surface area contributed by atoms with Gasteiger partial charge in [-0.05, 0) is 69.6 Å². The summed E-state index contributed by atoms with van der Waals surface area (Å²) in [6.07, 6.45) is 3.26. The molecule has 2 heterocycles. The van der Waals surface area contributed by atoms with E-state index < -0.39 is 10.8 Å². The van der Waals surface area contributed by atoms with Crippen molar-refractivity contribution in [1.82, 2.24) is 10.2 Å². The predicted octanol–water partition coefficient (Wildman–Crippen LogP) is 4.24. The van der Waals surface area contributed by atoms with Gasteiger partial charge < -0.3 is 20.0 Å². The lowest BCUT2D eigenvalue weighted by Gasteiger charge is -2.37. The van der Waals surface area contributed by atoms with E-state index in [0.717, 1.165) is 37.3 Å². The van der Waals surface area contributed by atoms with Crippen molar-refractivity contribution in [2.45, 2.75) is 26.2 Å². The Morgan fingerprint density at radius 2 is 1.71 bits per heavy atom. The van der Waals surface area contributed by atoms with E-state index in [1.165, 1.54) is 37.1 Å². The number of hydrogen-bond donors (Lipinski definition) is 1. The average molecular weight is 504 g/mol. The van der Waals surface area contributed by atoms with Gasteiger partial charge in [0.1, 0.15) is 11.5 Å². The molecule has 0 bridgehead atoms. The standard InChI is InChI=1S/C25H31ClFN5O3/c1-18-5-6-19(27)15-22(18)30-11-13-31(14-12-30)23-17-21(26)20(16-24(23)32(34)35)25(33)28-7-4-10-29-8-2-3-9-29/h5-6,15-17H,2-4,7-14H2,1H3,(H,28,33). The number of nitro benzene ring substituents is 1. The highest BCUT2D eigenvalue weighted by Gasteiger charge is 2.27. The molecular formula is C25H31ClFN5O3. The number of rotatable bonds is 8. The zero-order chi connectivity index (χ0) is 24.9. The average Bonchev–Trinajstić information content (AvgIpc) is 3.36. The summed E-state index contributed by atoms with van der Waals surface area (Å²) in [4.78, 5) is 30.4. The first-order chi connectivity index (χ1) is 16.8. The first kappa shape index (κ1) is 25.2. The van der Waals surface area contributed by atoms with Gasteiger partial charge >= 0.3 is 0 Å². The first-order valence-corrected chi connectivity index (χ1v) is 12.5. The fourth-order valence-corrected chi connectivity index (χ4v) is 5.09. The summed E-state index contributed by atoms with van der Waals surface area (Å²) < 4.78 is 13.7. The molecule has 2 aromatic carbocycles. The van der Waals surface area contributed by atoms with E-state index in [2.05, 4.69) is 15.1 Å². The number of carbonyl (C=O) groups is 1. The largest absolute Gasteiger partial charge is 0.368 e. The zero-order valence-corrected chi connectivity index (χ0v) is 20.7. The molecule has 188 valence electrons. The molecule has 2 saturated heterocycles. The molecule has 4 rings (SSSR count). The van der Waals surface area contributed by atoms with Gasteiger partial charge in [-0.25, -0.2) is 4.39 Å². The minimum absolute atomic E-state index is 0.109. The molecule has 0 aromatic heterocycles. The minimum atomic E-state index is -0.473. The normalized spacial score (nSPS) is 16.5. The second-order valence-electron chi connectivity index (χ2n) is 9.14. The molecule has 1 amide bonds. The summed E-state index contributed by atoms with van der Waals surface area (Å²) in [5, 5.41) is 14.9. The van der Waals surface area contributed by atoms with Crippen LogP contribution in [0.15, 0.2) is 30.3 Å². The van der Waals surface area contributed by atoms with Crippen LogP contribution in [0, 0.1) is 22.9 Å². The quantitative estimate of drug-likeness (QED) is 0.330. The fourth-order valence-electron chi connectivity index (χ4n) is 4.84. The third kappa shape index (κ3) is 6.02. The van der Waals surface area contributed by atoms with Crippen LogP contribution >= 0.6 is 11.6 Å². The van der Waals surface area contributed by atoms with Gasteiger partial charge in [0, 0.05) is 44.5 Å². The number of halogens is 2. The summed E-state index contributed by atoms with van der Waals surface area (Å²) in [5.41, 5.74) is 2.16. The van der Waals surface area contributed by atoms with Crippen LogP contribution < -0.4 is 15.1 Å². The molecule has 0 radical (unpaired) electrons. The molecule has 0 aliphatic carbocycles. The number of nitrogens with zero attached hydrogens (tertiary/aromatic N) is 4.